The van der Waals surface area contributed by atoms with Gasteiger partial charge in [0, 0.05) is 19.3 Å². The lowest BCUT2D eigenvalue weighted by Gasteiger charge is -2.16. The molecular weight excluding hydrogens is 110 g/mol. The molecule has 0 aromatic rings. The van der Waals surface area contributed by atoms with Crippen LogP contribution < -0.4 is 0 Å². The van der Waals surface area contributed by atoms with Crippen LogP contribution in [0.1, 0.15) is 13.8 Å². The fraction of sp³-hybridized carbons (Fsp3) is 0.500. The second-order valence-electron chi connectivity index (χ2n) is 1.93. The first-order chi connectivity index (χ1) is 4.26. The van der Waals surface area contributed by atoms with Gasteiger partial charge < -0.3 is 4.90 Å². The van der Waals surface area contributed by atoms with Gasteiger partial charge in [0.2, 0.25) is 0 Å². The molecule has 1 heteroatoms. The predicted molar refractivity (Wildman–Crippen MR) is 42.3 cm³/mol. The van der Waals surface area contributed by atoms with E-state index in [-0.39, 0.29) is 0 Å². The van der Waals surface area contributed by atoms with E-state index in [4.69, 9.17) is 0 Å². The summed E-state index contributed by atoms with van der Waals surface area (Å²) in [6.07, 6.45) is 3.92. The number of allylic oxidation sites excluding steroid dienone is 2. The molecule has 0 unspecified atom stereocenters. The first-order valence-electron chi connectivity index (χ1n) is 3.26. The highest BCUT2D eigenvalue weighted by Crippen LogP contribution is 1.99. The third kappa shape index (κ3) is 2.36. The lowest BCUT2D eigenvalue weighted by molar-refractivity contribution is 0.455. The molecular formula is C8H15N. The number of rotatable bonds is 3. The van der Waals surface area contributed by atoms with Gasteiger partial charge in [0.1, 0.15) is 0 Å². The van der Waals surface area contributed by atoms with Gasteiger partial charge in [-0.05, 0) is 19.9 Å². The fourth-order valence-electron chi connectivity index (χ4n) is 0.677. The minimum atomic E-state index is 1.03. The van der Waals surface area contributed by atoms with Gasteiger partial charge in [0.15, 0.2) is 0 Å². The van der Waals surface area contributed by atoms with Crippen LogP contribution in [0.5, 0.6) is 0 Å². The Morgan fingerprint density at radius 3 is 2.33 bits per heavy atom. The Labute approximate surface area is 57.7 Å². The van der Waals surface area contributed by atoms with Crippen molar-refractivity contribution in [2.75, 3.05) is 13.6 Å². The summed E-state index contributed by atoms with van der Waals surface area (Å²) in [6.45, 7) is 8.86. The van der Waals surface area contributed by atoms with Crippen molar-refractivity contribution in [2.45, 2.75) is 13.8 Å². The van der Waals surface area contributed by atoms with Crippen molar-refractivity contribution in [3.63, 3.8) is 0 Å². The Morgan fingerprint density at radius 2 is 2.22 bits per heavy atom. The zero-order valence-corrected chi connectivity index (χ0v) is 6.52. The maximum absolute atomic E-state index is 3.69. The zero-order valence-electron chi connectivity index (χ0n) is 6.52. The molecule has 0 radical (unpaired) electrons. The van der Waals surface area contributed by atoms with E-state index in [1.807, 2.05) is 13.0 Å². The Bertz CT molecular complexity index is 114. The molecule has 0 saturated carbocycles. The Morgan fingerprint density at radius 1 is 1.67 bits per heavy atom. The van der Waals surface area contributed by atoms with E-state index in [1.54, 1.807) is 0 Å². The number of hydrogen-bond donors (Lipinski definition) is 0. The van der Waals surface area contributed by atoms with Gasteiger partial charge in [-0.3, -0.25) is 0 Å². The quantitative estimate of drug-likeness (QED) is 0.522. The third-order valence-corrected chi connectivity index (χ3v) is 1.42. The topological polar surface area (TPSA) is 3.24 Å². The Hall–Kier alpha value is -0.720. The second kappa shape index (κ2) is 4.19. The van der Waals surface area contributed by atoms with Crippen LogP contribution in [0.2, 0.25) is 0 Å². The summed E-state index contributed by atoms with van der Waals surface area (Å²) in [4.78, 5) is 2.15. The lowest BCUT2D eigenvalue weighted by Crippen LogP contribution is -2.14. The van der Waals surface area contributed by atoms with Crippen molar-refractivity contribution in [3.05, 3.63) is 24.4 Å². The Kier molecular flexibility index (Phi) is 3.85. The molecule has 0 amide bonds. The van der Waals surface area contributed by atoms with Crippen LogP contribution in [0.25, 0.3) is 0 Å². The summed E-state index contributed by atoms with van der Waals surface area (Å²) in [5.74, 6) is 0. The van der Waals surface area contributed by atoms with Crippen LogP contribution in [0.15, 0.2) is 24.4 Å². The van der Waals surface area contributed by atoms with Gasteiger partial charge in [0.05, 0.1) is 0 Å². The van der Waals surface area contributed by atoms with E-state index in [0.29, 0.717) is 0 Å². The number of likely N-dealkylation sites (N-methyl/N-ethyl adjacent to an activating group) is 1. The van der Waals surface area contributed by atoms with Gasteiger partial charge in [-0.1, -0.05) is 12.7 Å². The molecule has 1 nitrogen and oxygen atoms in total. The molecule has 0 aromatic carbocycles. The van der Waals surface area contributed by atoms with E-state index in [0.717, 1.165) is 6.54 Å². The van der Waals surface area contributed by atoms with Crippen LogP contribution in [0.3, 0.4) is 0 Å². The van der Waals surface area contributed by atoms with Crippen molar-refractivity contribution >= 4 is 0 Å². The molecule has 0 N–H and O–H groups in total. The minimum absolute atomic E-state index is 1.03. The van der Waals surface area contributed by atoms with E-state index in [9.17, 15) is 0 Å². The van der Waals surface area contributed by atoms with Gasteiger partial charge in [-0.25, -0.2) is 0 Å². The number of hydrogen-bond acceptors (Lipinski definition) is 1. The van der Waals surface area contributed by atoms with Gasteiger partial charge in [0.25, 0.3) is 0 Å². The summed E-state index contributed by atoms with van der Waals surface area (Å²) >= 11 is 0. The van der Waals surface area contributed by atoms with Crippen LogP contribution in [-0.4, -0.2) is 18.5 Å². The molecule has 52 valence electrons. The van der Waals surface area contributed by atoms with Gasteiger partial charge in [-0.15, -0.1) is 0 Å². The first kappa shape index (κ1) is 8.28. The summed E-state index contributed by atoms with van der Waals surface area (Å²) in [7, 11) is 2.05. The van der Waals surface area contributed by atoms with E-state index >= 15 is 0 Å². The highest BCUT2D eigenvalue weighted by molar-refractivity contribution is 5.12. The van der Waals surface area contributed by atoms with Crippen molar-refractivity contribution in [1.29, 1.82) is 0 Å². The van der Waals surface area contributed by atoms with Crippen LogP contribution >= 0.6 is 0 Å². The van der Waals surface area contributed by atoms with Crippen LogP contribution in [0.4, 0.5) is 0 Å². The minimum Gasteiger partial charge on any atom is -0.375 e. The van der Waals surface area contributed by atoms with Crippen molar-refractivity contribution in [1.82, 2.24) is 4.90 Å². The maximum atomic E-state index is 3.69. The summed E-state index contributed by atoms with van der Waals surface area (Å²) in [5, 5.41) is 0. The molecule has 0 saturated heterocycles. The molecule has 0 aliphatic carbocycles. The summed E-state index contributed by atoms with van der Waals surface area (Å²) < 4.78 is 0. The molecule has 0 atom stereocenters. The molecule has 0 aliphatic heterocycles. The summed E-state index contributed by atoms with van der Waals surface area (Å²) in [6, 6.07) is 0. The molecule has 0 aromatic heterocycles. The first-order valence-corrected chi connectivity index (χ1v) is 3.26. The molecule has 0 spiro atoms. The SMILES string of the molecule is C=C/C(=C\C)N(C)CC. The van der Waals surface area contributed by atoms with Gasteiger partial charge >= 0.3 is 0 Å². The predicted octanol–water partition coefficient (Wildman–Crippen LogP) is 2.03. The monoisotopic (exact) mass is 125 g/mol. The van der Waals surface area contributed by atoms with Crippen molar-refractivity contribution in [2.24, 2.45) is 0 Å². The smallest absolute Gasteiger partial charge is 0.0314 e. The normalized spacial score (nSPS) is 11.2. The lowest BCUT2D eigenvalue weighted by atomic mass is 10.3. The molecule has 0 bridgehead atoms. The fourth-order valence-corrected chi connectivity index (χ4v) is 0.677. The summed E-state index contributed by atoms with van der Waals surface area (Å²) in [5.41, 5.74) is 1.19. The Balaban J connectivity index is 3.95. The molecule has 0 heterocycles. The third-order valence-electron chi connectivity index (χ3n) is 1.42. The van der Waals surface area contributed by atoms with E-state index in [2.05, 4.69) is 31.5 Å². The highest BCUT2D eigenvalue weighted by Gasteiger charge is 1.92. The van der Waals surface area contributed by atoms with E-state index in [1.165, 1.54) is 5.70 Å². The van der Waals surface area contributed by atoms with Crippen molar-refractivity contribution < 1.29 is 0 Å². The van der Waals surface area contributed by atoms with Crippen LogP contribution in [0, 0.1) is 0 Å². The maximum Gasteiger partial charge on any atom is 0.0314 e. The average Bonchev–Trinajstić information content (AvgIpc) is 1.90. The highest BCUT2D eigenvalue weighted by atomic mass is 15.1. The number of nitrogens with zero attached hydrogens (tertiary/aromatic N) is 1. The second-order valence-corrected chi connectivity index (χ2v) is 1.93. The standard InChI is InChI=1S/C8H15N/c1-5-8(6-2)9(4)7-3/h5-6H,1,7H2,2-4H3/b8-6+. The molecule has 0 rings (SSSR count). The van der Waals surface area contributed by atoms with Gasteiger partial charge in [-0.2, -0.15) is 0 Å². The zero-order chi connectivity index (χ0) is 7.28. The van der Waals surface area contributed by atoms with Crippen LogP contribution in [-0.2, 0) is 0 Å². The van der Waals surface area contributed by atoms with E-state index < -0.39 is 0 Å². The largest absolute Gasteiger partial charge is 0.375 e. The molecule has 0 aliphatic rings. The van der Waals surface area contributed by atoms with Crippen molar-refractivity contribution in [3.8, 4) is 0 Å². The molecule has 9 heavy (non-hydrogen) atoms. The average molecular weight is 125 g/mol. The molecule has 0 fully saturated rings.